The number of pyridine rings is 1. The third-order valence-corrected chi connectivity index (χ3v) is 3.40. The Hall–Kier alpha value is -2.36. The monoisotopic (exact) mass is 253 g/mol. The van der Waals surface area contributed by atoms with Gasteiger partial charge in [-0.2, -0.15) is 0 Å². The molecule has 94 valence electrons. The third-order valence-electron chi connectivity index (χ3n) is 3.40. The summed E-state index contributed by atoms with van der Waals surface area (Å²) in [6, 6.07) is 5.80. The lowest BCUT2D eigenvalue weighted by atomic mass is 9.99. The zero-order valence-corrected chi connectivity index (χ0v) is 10.2. The van der Waals surface area contributed by atoms with Crippen molar-refractivity contribution in [3.05, 3.63) is 35.5 Å². The summed E-state index contributed by atoms with van der Waals surface area (Å²) >= 11 is 0. The fourth-order valence-electron chi connectivity index (χ4n) is 2.51. The van der Waals surface area contributed by atoms with Crippen LogP contribution in [0.1, 0.15) is 11.3 Å². The number of hydrogen-bond acceptors (Lipinski definition) is 4. The Labute approximate surface area is 109 Å². The van der Waals surface area contributed by atoms with Crippen molar-refractivity contribution in [2.45, 2.75) is 6.42 Å². The highest BCUT2D eigenvalue weighted by Gasteiger charge is 2.19. The number of rotatable bonds is 0. The molecule has 4 heteroatoms. The molecule has 1 aliphatic heterocycles. The van der Waals surface area contributed by atoms with Crippen LogP contribution in [-0.2, 0) is 11.2 Å². The highest BCUT2D eigenvalue weighted by molar-refractivity contribution is 6.00. The lowest BCUT2D eigenvalue weighted by Gasteiger charge is -2.20. The van der Waals surface area contributed by atoms with Gasteiger partial charge >= 0.3 is 0 Å². The molecule has 1 aromatic carbocycles. The van der Waals surface area contributed by atoms with Crippen LogP contribution in [0.25, 0.3) is 17.0 Å². The van der Waals surface area contributed by atoms with E-state index in [2.05, 4.69) is 4.98 Å². The minimum atomic E-state index is 0.0943. The molecule has 0 spiro atoms. The molecule has 0 saturated heterocycles. The first-order chi connectivity index (χ1) is 9.31. The van der Waals surface area contributed by atoms with Crippen molar-refractivity contribution in [2.24, 2.45) is 0 Å². The van der Waals surface area contributed by atoms with Crippen molar-refractivity contribution in [2.75, 3.05) is 13.2 Å². The van der Waals surface area contributed by atoms with E-state index in [1.807, 2.05) is 24.3 Å². The SMILES string of the molecule is O=C1C=Cc2cc3c4c(ccc3nc2C1)OCCO4. The van der Waals surface area contributed by atoms with E-state index in [-0.39, 0.29) is 5.78 Å². The number of ketones is 1. The lowest BCUT2D eigenvalue weighted by molar-refractivity contribution is -0.114. The summed E-state index contributed by atoms with van der Waals surface area (Å²) in [5, 5.41) is 0.940. The van der Waals surface area contributed by atoms with Gasteiger partial charge in [0.2, 0.25) is 0 Å². The molecule has 4 nitrogen and oxygen atoms in total. The summed E-state index contributed by atoms with van der Waals surface area (Å²) in [4.78, 5) is 16.0. The summed E-state index contributed by atoms with van der Waals surface area (Å²) in [5.41, 5.74) is 2.65. The third kappa shape index (κ3) is 1.60. The van der Waals surface area contributed by atoms with Crippen molar-refractivity contribution in [1.82, 2.24) is 4.98 Å². The summed E-state index contributed by atoms with van der Waals surface area (Å²) in [6.45, 7) is 1.13. The second kappa shape index (κ2) is 3.82. The average Bonchev–Trinajstić information content (AvgIpc) is 2.45. The number of benzene rings is 1. The maximum atomic E-state index is 11.4. The molecule has 0 N–H and O–H groups in total. The molecule has 0 atom stereocenters. The Bertz CT molecular complexity index is 734. The normalized spacial score (nSPS) is 16.5. The van der Waals surface area contributed by atoms with Gasteiger partial charge in [0.15, 0.2) is 17.3 Å². The van der Waals surface area contributed by atoms with Crippen LogP contribution in [0.5, 0.6) is 11.5 Å². The molecule has 19 heavy (non-hydrogen) atoms. The Morgan fingerprint density at radius 3 is 2.95 bits per heavy atom. The number of hydrogen-bond donors (Lipinski definition) is 0. The lowest BCUT2D eigenvalue weighted by Crippen LogP contribution is -2.16. The van der Waals surface area contributed by atoms with Crippen LogP contribution in [-0.4, -0.2) is 24.0 Å². The second-order valence-corrected chi connectivity index (χ2v) is 4.66. The number of fused-ring (bicyclic) bond motifs is 4. The molecule has 0 radical (unpaired) electrons. The number of aromatic nitrogens is 1. The molecular formula is C15H11NO3. The zero-order chi connectivity index (χ0) is 12.8. The van der Waals surface area contributed by atoms with Crippen LogP contribution in [0.2, 0.25) is 0 Å². The van der Waals surface area contributed by atoms with Gasteiger partial charge in [-0.1, -0.05) is 0 Å². The zero-order valence-electron chi connectivity index (χ0n) is 10.2. The van der Waals surface area contributed by atoms with Gasteiger partial charge in [0, 0.05) is 5.39 Å². The molecule has 0 saturated carbocycles. The molecule has 0 unspecified atom stereocenters. The summed E-state index contributed by atoms with van der Waals surface area (Å²) in [6.07, 6.45) is 3.79. The van der Waals surface area contributed by atoms with Gasteiger partial charge in [0.25, 0.3) is 0 Å². The van der Waals surface area contributed by atoms with Crippen LogP contribution in [0.4, 0.5) is 0 Å². The standard InChI is InChI=1S/C15H11NO3/c17-10-2-1-9-7-11-12(16-13(9)8-10)3-4-14-15(11)19-6-5-18-14/h1-4,7H,5-6,8H2. The van der Waals surface area contributed by atoms with E-state index in [0.717, 1.165) is 33.7 Å². The molecule has 1 aromatic heterocycles. The smallest absolute Gasteiger partial charge is 0.170 e. The van der Waals surface area contributed by atoms with E-state index in [0.29, 0.717) is 19.6 Å². The molecule has 0 fully saturated rings. The molecule has 0 amide bonds. The van der Waals surface area contributed by atoms with Crippen molar-refractivity contribution >= 4 is 22.8 Å². The molecule has 2 aromatic rings. The van der Waals surface area contributed by atoms with Gasteiger partial charge in [-0.25, -0.2) is 0 Å². The molecule has 1 aliphatic carbocycles. The van der Waals surface area contributed by atoms with E-state index in [4.69, 9.17) is 9.47 Å². The summed E-state index contributed by atoms with van der Waals surface area (Å²) < 4.78 is 11.3. The van der Waals surface area contributed by atoms with E-state index in [1.165, 1.54) is 0 Å². The van der Waals surface area contributed by atoms with E-state index >= 15 is 0 Å². The van der Waals surface area contributed by atoms with Crippen LogP contribution in [0.15, 0.2) is 24.3 Å². The minimum absolute atomic E-state index is 0.0943. The fourth-order valence-corrected chi connectivity index (χ4v) is 2.51. The number of nitrogens with zero attached hydrogens (tertiary/aromatic N) is 1. The van der Waals surface area contributed by atoms with Crippen LogP contribution in [0, 0.1) is 0 Å². The first kappa shape index (κ1) is 10.6. The number of ether oxygens (including phenoxy) is 2. The predicted octanol–water partition coefficient (Wildman–Crippen LogP) is 2.14. The number of allylic oxidation sites excluding steroid dienone is 1. The number of carbonyl (C=O) groups is 1. The van der Waals surface area contributed by atoms with E-state index in [1.54, 1.807) is 6.08 Å². The average molecular weight is 253 g/mol. The Kier molecular flexibility index (Phi) is 2.12. The predicted molar refractivity (Wildman–Crippen MR) is 70.5 cm³/mol. The fraction of sp³-hybridized carbons (Fsp3) is 0.200. The van der Waals surface area contributed by atoms with E-state index < -0.39 is 0 Å². The first-order valence-corrected chi connectivity index (χ1v) is 6.24. The maximum absolute atomic E-state index is 11.4. The molecule has 2 aliphatic rings. The van der Waals surface area contributed by atoms with Crippen LogP contribution < -0.4 is 9.47 Å². The Morgan fingerprint density at radius 2 is 2.00 bits per heavy atom. The first-order valence-electron chi connectivity index (χ1n) is 6.24. The van der Waals surface area contributed by atoms with Gasteiger partial charge in [-0.05, 0) is 35.9 Å². The van der Waals surface area contributed by atoms with Gasteiger partial charge in [-0.15, -0.1) is 0 Å². The van der Waals surface area contributed by atoms with Crippen molar-refractivity contribution in [3.63, 3.8) is 0 Å². The molecule has 2 heterocycles. The van der Waals surface area contributed by atoms with Gasteiger partial charge in [-0.3, -0.25) is 9.78 Å². The summed E-state index contributed by atoms with van der Waals surface area (Å²) in [5.74, 6) is 1.61. The quantitative estimate of drug-likeness (QED) is 0.721. The second-order valence-electron chi connectivity index (χ2n) is 4.66. The van der Waals surface area contributed by atoms with Crippen molar-refractivity contribution in [3.8, 4) is 11.5 Å². The highest BCUT2D eigenvalue weighted by Crippen LogP contribution is 2.38. The Balaban J connectivity index is 1.99. The van der Waals surface area contributed by atoms with E-state index in [9.17, 15) is 4.79 Å². The largest absolute Gasteiger partial charge is 0.486 e. The van der Waals surface area contributed by atoms with Crippen LogP contribution in [0.3, 0.4) is 0 Å². The molecule has 4 rings (SSSR count). The minimum Gasteiger partial charge on any atom is -0.486 e. The maximum Gasteiger partial charge on any atom is 0.170 e. The topological polar surface area (TPSA) is 48.4 Å². The molecular weight excluding hydrogens is 242 g/mol. The summed E-state index contributed by atoms with van der Waals surface area (Å²) in [7, 11) is 0. The van der Waals surface area contributed by atoms with Crippen LogP contribution >= 0.6 is 0 Å². The van der Waals surface area contributed by atoms with Gasteiger partial charge in [0.1, 0.15) is 13.2 Å². The van der Waals surface area contributed by atoms with Crippen molar-refractivity contribution in [1.29, 1.82) is 0 Å². The Morgan fingerprint density at radius 1 is 1.11 bits per heavy atom. The van der Waals surface area contributed by atoms with Gasteiger partial charge < -0.3 is 9.47 Å². The number of carbonyl (C=O) groups excluding carboxylic acids is 1. The molecule has 0 bridgehead atoms. The van der Waals surface area contributed by atoms with Gasteiger partial charge in [0.05, 0.1) is 17.6 Å². The van der Waals surface area contributed by atoms with Crippen molar-refractivity contribution < 1.29 is 14.3 Å². The highest BCUT2D eigenvalue weighted by atomic mass is 16.6.